The van der Waals surface area contributed by atoms with Crippen molar-refractivity contribution >= 4 is 70.7 Å². The fourth-order valence-electron chi connectivity index (χ4n) is 9.03. The van der Waals surface area contributed by atoms with Gasteiger partial charge in [0.15, 0.2) is 0 Å². The van der Waals surface area contributed by atoms with E-state index in [1.54, 1.807) is 12.4 Å². The fraction of sp³-hybridized carbons (Fsp3) is 0. The van der Waals surface area contributed by atoms with E-state index in [2.05, 4.69) is 180 Å². The van der Waals surface area contributed by atoms with Gasteiger partial charge in [-0.05, 0) is 104 Å². The number of hydrogen-bond acceptors (Lipinski definition) is 2. The predicted octanol–water partition coefficient (Wildman–Crippen LogP) is 13.8. The summed E-state index contributed by atoms with van der Waals surface area (Å²) in [4.78, 5) is 9.58. The molecule has 0 saturated heterocycles. The molecule has 0 bridgehead atoms. The average Bonchev–Trinajstić information content (AvgIpc) is 3.78. The van der Waals surface area contributed by atoms with Crippen LogP contribution in [0.2, 0.25) is 0 Å². The fourth-order valence-corrected chi connectivity index (χ4v) is 9.03. The van der Waals surface area contributed by atoms with Crippen LogP contribution in [0.3, 0.4) is 0 Å². The summed E-state index contributed by atoms with van der Waals surface area (Å²) in [5.74, 6) is 0. The third kappa shape index (κ3) is 4.50. The van der Waals surface area contributed by atoms with Crippen molar-refractivity contribution in [2.24, 2.45) is 0 Å². The Labute approximate surface area is 316 Å². The molecule has 12 aromatic rings. The standard InChI is InChI=1S/C52H31N3/c1-3-10-32(11-4-1)36-19-22-48-43(27-36)46-30-39(33-12-5-2-6-13-33)31-47-44-28-38(20-23-49(44)55(48)52(46)47)35-15-9-14-34(26-35)37-18-21-41-40-16-7-8-17-42(40)50-51(45(41)29-37)54-25-24-53-50/h1-31H. The molecule has 0 unspecified atom stereocenters. The third-order valence-corrected chi connectivity index (χ3v) is 11.6. The first-order valence-electron chi connectivity index (χ1n) is 18.8. The Bertz CT molecular complexity index is 3440. The van der Waals surface area contributed by atoms with E-state index in [1.807, 2.05) is 0 Å². The highest BCUT2D eigenvalue weighted by Gasteiger charge is 2.20. The van der Waals surface area contributed by atoms with Gasteiger partial charge >= 0.3 is 0 Å². The second-order valence-corrected chi connectivity index (χ2v) is 14.6. The Morgan fingerprint density at radius 1 is 0.273 bits per heavy atom. The van der Waals surface area contributed by atoms with E-state index in [0.29, 0.717) is 0 Å². The smallest absolute Gasteiger partial charge is 0.0971 e. The Kier molecular flexibility index (Phi) is 6.34. The van der Waals surface area contributed by atoms with Crippen LogP contribution in [0, 0.1) is 0 Å². The molecule has 3 heteroatoms. The minimum Gasteiger partial charge on any atom is -0.308 e. The topological polar surface area (TPSA) is 30.2 Å². The highest BCUT2D eigenvalue weighted by Crippen LogP contribution is 2.44. The highest BCUT2D eigenvalue weighted by molar-refractivity contribution is 6.26. The molecule has 0 radical (unpaired) electrons. The summed E-state index contributed by atoms with van der Waals surface area (Å²) in [5.41, 5.74) is 15.2. The molecule has 254 valence electrons. The maximum atomic E-state index is 4.82. The van der Waals surface area contributed by atoms with Gasteiger partial charge in [0.25, 0.3) is 0 Å². The molecular weight excluding hydrogens is 667 g/mol. The van der Waals surface area contributed by atoms with Crippen LogP contribution >= 0.6 is 0 Å². The van der Waals surface area contributed by atoms with Gasteiger partial charge in [0.1, 0.15) is 0 Å². The van der Waals surface area contributed by atoms with E-state index < -0.39 is 0 Å². The van der Waals surface area contributed by atoms with Crippen molar-refractivity contribution in [2.75, 3.05) is 0 Å². The molecule has 0 fully saturated rings. The summed E-state index contributed by atoms with van der Waals surface area (Å²) in [6.45, 7) is 0. The van der Waals surface area contributed by atoms with Gasteiger partial charge in [-0.25, -0.2) is 0 Å². The van der Waals surface area contributed by atoms with Crippen LogP contribution in [0.25, 0.3) is 115 Å². The lowest BCUT2D eigenvalue weighted by molar-refractivity contribution is 1.31. The van der Waals surface area contributed by atoms with Crippen molar-refractivity contribution in [3.8, 4) is 44.5 Å². The zero-order valence-electron chi connectivity index (χ0n) is 29.7. The van der Waals surface area contributed by atoms with Gasteiger partial charge in [-0.2, -0.15) is 0 Å². The lowest BCUT2D eigenvalue weighted by Gasteiger charge is -2.11. The van der Waals surface area contributed by atoms with Crippen molar-refractivity contribution in [3.63, 3.8) is 0 Å². The Morgan fingerprint density at radius 2 is 0.709 bits per heavy atom. The monoisotopic (exact) mass is 697 g/mol. The van der Waals surface area contributed by atoms with E-state index >= 15 is 0 Å². The van der Waals surface area contributed by atoms with Crippen LogP contribution in [-0.2, 0) is 0 Å². The molecule has 0 aliphatic rings. The predicted molar refractivity (Wildman–Crippen MR) is 231 cm³/mol. The largest absolute Gasteiger partial charge is 0.308 e. The van der Waals surface area contributed by atoms with Crippen LogP contribution in [0.4, 0.5) is 0 Å². The van der Waals surface area contributed by atoms with Gasteiger partial charge in [-0.15, -0.1) is 0 Å². The molecule has 0 aliphatic carbocycles. The maximum absolute atomic E-state index is 4.82. The molecule has 0 N–H and O–H groups in total. The second-order valence-electron chi connectivity index (χ2n) is 14.6. The molecule has 3 aromatic heterocycles. The summed E-state index contributed by atoms with van der Waals surface area (Å²) in [6.07, 6.45) is 3.58. The Morgan fingerprint density at radius 3 is 1.35 bits per heavy atom. The lowest BCUT2D eigenvalue weighted by Crippen LogP contribution is -1.89. The third-order valence-electron chi connectivity index (χ3n) is 11.6. The molecule has 0 saturated carbocycles. The first kappa shape index (κ1) is 30.1. The zero-order chi connectivity index (χ0) is 36.0. The first-order valence-corrected chi connectivity index (χ1v) is 18.8. The summed E-state index contributed by atoms with van der Waals surface area (Å²) in [5, 5.41) is 9.74. The summed E-state index contributed by atoms with van der Waals surface area (Å²) in [6, 6.07) is 64.4. The molecule has 3 nitrogen and oxygen atoms in total. The molecule has 0 amide bonds. The number of rotatable bonds is 4. The lowest BCUT2D eigenvalue weighted by atomic mass is 9.94. The first-order chi connectivity index (χ1) is 27.3. The minimum atomic E-state index is 0.935. The maximum Gasteiger partial charge on any atom is 0.0971 e. The van der Waals surface area contributed by atoms with Crippen molar-refractivity contribution < 1.29 is 0 Å². The molecule has 0 aliphatic heterocycles. The summed E-state index contributed by atoms with van der Waals surface area (Å²) >= 11 is 0. The van der Waals surface area contributed by atoms with Crippen molar-refractivity contribution in [2.45, 2.75) is 0 Å². The quantitative estimate of drug-likeness (QED) is 0.171. The van der Waals surface area contributed by atoms with Crippen LogP contribution in [0.1, 0.15) is 0 Å². The Balaban J connectivity index is 1.04. The molecule has 0 atom stereocenters. The normalized spacial score (nSPS) is 12.0. The van der Waals surface area contributed by atoms with Gasteiger partial charge < -0.3 is 4.40 Å². The average molecular weight is 698 g/mol. The SMILES string of the molecule is c1ccc(-c2ccc3c(c2)c2cc(-c4ccccc4)cc4c5cc(-c6cccc(-c7ccc8c9ccccc9c9nccnc9c8c7)c6)ccc5n3c24)cc1. The number of fused-ring (bicyclic) bond motifs is 12. The van der Waals surface area contributed by atoms with Crippen LogP contribution in [0.5, 0.6) is 0 Å². The van der Waals surface area contributed by atoms with Crippen LogP contribution in [0.15, 0.2) is 188 Å². The molecular formula is C52H31N3. The van der Waals surface area contributed by atoms with E-state index in [1.165, 1.54) is 87.8 Å². The van der Waals surface area contributed by atoms with E-state index in [9.17, 15) is 0 Å². The number of hydrogen-bond donors (Lipinski definition) is 0. The van der Waals surface area contributed by atoms with E-state index in [0.717, 1.165) is 27.4 Å². The molecule has 12 rings (SSSR count). The summed E-state index contributed by atoms with van der Waals surface area (Å²) < 4.78 is 2.48. The van der Waals surface area contributed by atoms with Crippen molar-refractivity contribution in [1.29, 1.82) is 0 Å². The van der Waals surface area contributed by atoms with E-state index in [-0.39, 0.29) is 0 Å². The number of nitrogens with zero attached hydrogens (tertiary/aromatic N) is 3. The molecule has 55 heavy (non-hydrogen) atoms. The van der Waals surface area contributed by atoms with Gasteiger partial charge in [-0.1, -0.05) is 127 Å². The Hall–Kier alpha value is -7.36. The van der Waals surface area contributed by atoms with Crippen molar-refractivity contribution in [1.82, 2.24) is 14.4 Å². The van der Waals surface area contributed by atoms with Gasteiger partial charge in [0.2, 0.25) is 0 Å². The number of aromatic nitrogens is 3. The van der Waals surface area contributed by atoms with E-state index in [4.69, 9.17) is 9.97 Å². The molecule has 3 heterocycles. The van der Waals surface area contributed by atoms with Crippen molar-refractivity contribution in [3.05, 3.63) is 188 Å². The number of benzene rings is 9. The molecule has 9 aromatic carbocycles. The molecule has 0 spiro atoms. The minimum absolute atomic E-state index is 0.935. The highest BCUT2D eigenvalue weighted by atomic mass is 14.9. The van der Waals surface area contributed by atoms with Crippen LogP contribution in [-0.4, -0.2) is 14.4 Å². The van der Waals surface area contributed by atoms with Crippen LogP contribution < -0.4 is 0 Å². The summed E-state index contributed by atoms with van der Waals surface area (Å²) in [7, 11) is 0. The van der Waals surface area contributed by atoms with Gasteiger partial charge in [0.05, 0.1) is 27.6 Å². The zero-order valence-corrected chi connectivity index (χ0v) is 29.7. The van der Waals surface area contributed by atoms with Gasteiger partial charge in [-0.3, -0.25) is 9.97 Å². The van der Waals surface area contributed by atoms with Gasteiger partial charge in [0, 0.05) is 44.7 Å². The second kappa shape index (κ2) is 11.6.